The molecule has 6 rings (SSSR count). The molecular weight excluding hydrogens is 524 g/mol. The average Bonchev–Trinajstić information content (AvgIpc) is 3.29. The molecule has 0 aliphatic carbocycles. The molecule has 3 saturated heterocycles. The van der Waals surface area contributed by atoms with Crippen LogP contribution in [0.25, 0.3) is 0 Å². The topological polar surface area (TPSA) is 59.1 Å². The number of benzene rings is 3. The van der Waals surface area contributed by atoms with Crippen molar-refractivity contribution < 1.29 is 19.1 Å². The summed E-state index contributed by atoms with van der Waals surface area (Å²) in [6.45, 7) is 5.37. The second-order valence-electron chi connectivity index (χ2n) is 12.2. The van der Waals surface area contributed by atoms with Crippen molar-refractivity contribution in [1.29, 1.82) is 0 Å². The predicted octanol–water partition coefficient (Wildman–Crippen LogP) is 6.53. The first-order valence-corrected chi connectivity index (χ1v) is 15.7. The van der Waals surface area contributed by atoms with Crippen molar-refractivity contribution in [3.05, 3.63) is 101 Å². The second kappa shape index (κ2) is 13.1. The fourth-order valence-electron chi connectivity index (χ4n) is 7.09. The van der Waals surface area contributed by atoms with E-state index in [1.54, 1.807) is 19.1 Å². The first kappa shape index (κ1) is 28.5. The Morgan fingerprint density at radius 1 is 0.762 bits per heavy atom. The van der Waals surface area contributed by atoms with Crippen LogP contribution >= 0.6 is 0 Å². The molecule has 6 heteroatoms. The van der Waals surface area contributed by atoms with Crippen molar-refractivity contribution in [3.63, 3.8) is 0 Å². The molecule has 3 aliphatic heterocycles. The van der Waals surface area contributed by atoms with E-state index in [9.17, 15) is 9.59 Å². The van der Waals surface area contributed by atoms with Gasteiger partial charge < -0.3 is 14.4 Å². The Balaban J connectivity index is 0.986. The standard InChI is InChI=1S/C36H42N2O4/c1-2-41-36(40)30-12-16-33(17-13-30)42-34-23-31-14-15-32(24-34)38(31)35(39)29-10-8-28(9-11-29)25-37-20-18-27(19-21-37)22-26-6-4-3-5-7-26/h3-13,16-17,27,31-32,34H,2,14-15,18-25H2,1H3/t31-,32+,34?. The van der Waals surface area contributed by atoms with Gasteiger partial charge in [0.25, 0.3) is 5.91 Å². The molecule has 2 bridgehead atoms. The van der Waals surface area contributed by atoms with Gasteiger partial charge in [-0.25, -0.2) is 4.79 Å². The number of piperidine rings is 2. The molecule has 3 aliphatic rings. The zero-order valence-electron chi connectivity index (χ0n) is 24.6. The molecule has 0 spiro atoms. The van der Waals surface area contributed by atoms with E-state index < -0.39 is 0 Å². The highest BCUT2D eigenvalue weighted by Gasteiger charge is 2.44. The maximum absolute atomic E-state index is 13.6. The monoisotopic (exact) mass is 566 g/mol. The third-order valence-corrected chi connectivity index (χ3v) is 9.27. The number of fused-ring (bicyclic) bond motifs is 2. The van der Waals surface area contributed by atoms with Crippen LogP contribution in [0.3, 0.4) is 0 Å². The first-order valence-electron chi connectivity index (χ1n) is 15.7. The number of likely N-dealkylation sites (tertiary alicyclic amines) is 1. The van der Waals surface area contributed by atoms with Gasteiger partial charge in [-0.1, -0.05) is 42.5 Å². The van der Waals surface area contributed by atoms with Crippen molar-refractivity contribution in [2.45, 2.75) is 76.6 Å². The van der Waals surface area contributed by atoms with Gasteiger partial charge in [0, 0.05) is 37.0 Å². The Hall–Kier alpha value is -3.64. The van der Waals surface area contributed by atoms with Gasteiger partial charge in [-0.15, -0.1) is 0 Å². The van der Waals surface area contributed by atoms with Crippen molar-refractivity contribution in [3.8, 4) is 5.75 Å². The molecule has 3 aromatic carbocycles. The van der Waals surface area contributed by atoms with Gasteiger partial charge >= 0.3 is 5.97 Å². The summed E-state index contributed by atoms with van der Waals surface area (Å²) >= 11 is 0. The highest BCUT2D eigenvalue weighted by molar-refractivity contribution is 5.95. The van der Waals surface area contributed by atoms with Crippen LogP contribution in [0, 0.1) is 5.92 Å². The van der Waals surface area contributed by atoms with Crippen molar-refractivity contribution in [1.82, 2.24) is 9.80 Å². The average molecular weight is 567 g/mol. The Labute approximate surface area is 249 Å². The number of esters is 1. The first-order chi connectivity index (χ1) is 20.6. The Kier molecular flexibility index (Phi) is 8.90. The number of carbonyl (C=O) groups excluding carboxylic acids is 2. The van der Waals surface area contributed by atoms with Gasteiger partial charge in [-0.05, 0) is 106 Å². The van der Waals surface area contributed by atoms with E-state index in [1.807, 2.05) is 24.3 Å². The Morgan fingerprint density at radius 3 is 2.05 bits per heavy atom. The van der Waals surface area contributed by atoms with E-state index >= 15 is 0 Å². The molecular formula is C36H42N2O4. The van der Waals surface area contributed by atoms with Gasteiger partial charge in [0.2, 0.25) is 0 Å². The molecule has 3 fully saturated rings. The van der Waals surface area contributed by atoms with Crippen molar-refractivity contribution in [2.24, 2.45) is 5.92 Å². The van der Waals surface area contributed by atoms with Crippen LogP contribution in [0.4, 0.5) is 0 Å². The Morgan fingerprint density at radius 2 is 1.40 bits per heavy atom. The van der Waals surface area contributed by atoms with Gasteiger partial charge in [-0.3, -0.25) is 9.69 Å². The highest BCUT2D eigenvalue weighted by Crippen LogP contribution is 2.38. The summed E-state index contributed by atoms with van der Waals surface area (Å²) in [5, 5.41) is 0. The smallest absolute Gasteiger partial charge is 0.338 e. The molecule has 0 aromatic heterocycles. The molecule has 3 atom stereocenters. The minimum Gasteiger partial charge on any atom is -0.490 e. The fraction of sp³-hybridized carbons (Fsp3) is 0.444. The number of nitrogens with zero attached hydrogens (tertiary/aromatic N) is 2. The summed E-state index contributed by atoms with van der Waals surface area (Å²) in [6, 6.07) is 26.7. The summed E-state index contributed by atoms with van der Waals surface area (Å²) in [7, 11) is 0. The minimum absolute atomic E-state index is 0.0687. The molecule has 220 valence electrons. The molecule has 3 aromatic rings. The summed E-state index contributed by atoms with van der Waals surface area (Å²) in [5.74, 6) is 1.35. The molecule has 0 saturated carbocycles. The van der Waals surface area contributed by atoms with Crippen LogP contribution in [0.5, 0.6) is 5.75 Å². The molecule has 3 heterocycles. The number of carbonyl (C=O) groups is 2. The van der Waals surface area contributed by atoms with Crippen LogP contribution in [0.2, 0.25) is 0 Å². The summed E-state index contributed by atoms with van der Waals surface area (Å²) in [5.41, 5.74) is 4.03. The number of rotatable bonds is 9. The summed E-state index contributed by atoms with van der Waals surface area (Å²) in [4.78, 5) is 30.2. The van der Waals surface area contributed by atoms with E-state index in [0.717, 1.165) is 62.5 Å². The molecule has 42 heavy (non-hydrogen) atoms. The molecule has 6 nitrogen and oxygen atoms in total. The maximum Gasteiger partial charge on any atom is 0.338 e. The lowest BCUT2D eigenvalue weighted by Gasteiger charge is -2.39. The quantitative estimate of drug-likeness (QED) is 0.276. The third-order valence-electron chi connectivity index (χ3n) is 9.27. The summed E-state index contributed by atoms with van der Waals surface area (Å²) in [6.07, 6.45) is 7.45. The van der Waals surface area contributed by atoms with E-state index in [-0.39, 0.29) is 30.1 Å². The van der Waals surface area contributed by atoms with Gasteiger partial charge in [0.1, 0.15) is 11.9 Å². The lowest BCUT2D eigenvalue weighted by atomic mass is 9.90. The Bertz CT molecular complexity index is 1320. The van der Waals surface area contributed by atoms with E-state index in [2.05, 4.69) is 52.3 Å². The number of hydrogen-bond donors (Lipinski definition) is 0. The van der Waals surface area contributed by atoms with Gasteiger partial charge in [0.15, 0.2) is 0 Å². The highest BCUT2D eigenvalue weighted by atomic mass is 16.5. The molecule has 0 N–H and O–H groups in total. The fourth-order valence-corrected chi connectivity index (χ4v) is 7.09. The van der Waals surface area contributed by atoms with E-state index in [4.69, 9.17) is 9.47 Å². The van der Waals surface area contributed by atoms with Gasteiger partial charge in [-0.2, -0.15) is 0 Å². The molecule has 1 unspecified atom stereocenters. The SMILES string of the molecule is CCOC(=O)c1ccc(OC2C[C@H]3CC[C@@H](C2)N3C(=O)c2ccc(CN3CCC(Cc4ccccc4)CC3)cc2)cc1. The largest absolute Gasteiger partial charge is 0.490 e. The zero-order valence-corrected chi connectivity index (χ0v) is 24.6. The van der Waals surface area contributed by atoms with E-state index in [0.29, 0.717) is 12.2 Å². The molecule has 1 amide bonds. The zero-order chi connectivity index (χ0) is 28.9. The minimum atomic E-state index is -0.318. The normalized spacial score (nSPS) is 22.6. The second-order valence-corrected chi connectivity index (χ2v) is 12.2. The lowest BCUT2D eigenvalue weighted by Crippen LogP contribution is -2.49. The van der Waals surface area contributed by atoms with Crippen molar-refractivity contribution in [2.75, 3.05) is 19.7 Å². The summed E-state index contributed by atoms with van der Waals surface area (Å²) < 4.78 is 11.4. The number of hydrogen-bond acceptors (Lipinski definition) is 5. The van der Waals surface area contributed by atoms with Crippen LogP contribution in [-0.4, -0.2) is 59.6 Å². The van der Waals surface area contributed by atoms with Crippen LogP contribution in [0.15, 0.2) is 78.9 Å². The van der Waals surface area contributed by atoms with Crippen LogP contribution < -0.4 is 4.74 Å². The number of ether oxygens (including phenoxy) is 2. The van der Waals surface area contributed by atoms with Crippen molar-refractivity contribution >= 4 is 11.9 Å². The van der Waals surface area contributed by atoms with Crippen LogP contribution in [-0.2, 0) is 17.7 Å². The maximum atomic E-state index is 13.6. The third kappa shape index (κ3) is 6.70. The van der Waals surface area contributed by atoms with Gasteiger partial charge in [0.05, 0.1) is 12.2 Å². The van der Waals surface area contributed by atoms with Crippen LogP contribution in [0.1, 0.15) is 77.3 Å². The number of amides is 1. The van der Waals surface area contributed by atoms with E-state index in [1.165, 1.54) is 30.4 Å². The predicted molar refractivity (Wildman–Crippen MR) is 164 cm³/mol. The molecule has 0 radical (unpaired) electrons. The lowest BCUT2D eigenvalue weighted by molar-refractivity contribution is 0.0359.